The number of rotatable bonds is 8. The molecule has 0 spiro atoms. The van der Waals surface area contributed by atoms with Crippen LogP contribution in [0.1, 0.15) is 16.9 Å². The van der Waals surface area contributed by atoms with E-state index in [2.05, 4.69) is 0 Å². The van der Waals surface area contributed by atoms with E-state index < -0.39 is 32.6 Å². The van der Waals surface area contributed by atoms with Gasteiger partial charge in [-0.2, -0.15) is 17.5 Å². The third-order valence-electron chi connectivity index (χ3n) is 4.43. The second-order valence-electron chi connectivity index (χ2n) is 6.64. The Bertz CT molecular complexity index is 1010. The van der Waals surface area contributed by atoms with Crippen LogP contribution in [0.25, 0.3) is 11.1 Å². The summed E-state index contributed by atoms with van der Waals surface area (Å²) in [5.41, 5.74) is -0.608. The van der Waals surface area contributed by atoms with E-state index in [1.165, 1.54) is 24.5 Å². The molecule has 0 radical (unpaired) electrons. The molecule has 29 heavy (non-hydrogen) atoms. The smallest absolute Gasteiger partial charge is 0.416 e. The quantitative estimate of drug-likeness (QED) is 0.624. The molecule has 0 saturated carbocycles. The zero-order chi connectivity index (χ0) is 21.4. The molecular weight excluding hydrogens is 431 g/mol. The number of thiophene rings is 1. The topological polar surface area (TPSA) is 87.2 Å². The fourth-order valence-electron chi connectivity index (χ4n) is 2.82. The number of alkyl halides is 3. The predicted molar refractivity (Wildman–Crippen MR) is 100 cm³/mol. The van der Waals surface area contributed by atoms with Gasteiger partial charge in [0.1, 0.15) is 0 Å². The predicted octanol–water partition coefficient (Wildman–Crippen LogP) is 3.47. The molecule has 1 fully saturated rings. The molecule has 2 aromatic rings. The highest BCUT2D eigenvalue weighted by Gasteiger charge is 2.35. The fraction of sp³-hybridized carbons (Fsp3) is 0.389. The molecule has 158 valence electrons. The number of carbonyl (C=O) groups is 1. The van der Waals surface area contributed by atoms with Crippen LogP contribution in [0.3, 0.4) is 0 Å². The Balaban J connectivity index is 2.06. The van der Waals surface area contributed by atoms with Crippen LogP contribution in [-0.2, 0) is 32.2 Å². The summed E-state index contributed by atoms with van der Waals surface area (Å²) in [7, 11) is -2.87. The van der Waals surface area contributed by atoms with E-state index in [0.29, 0.717) is 23.1 Å². The molecule has 1 atom stereocenters. The van der Waals surface area contributed by atoms with Crippen molar-refractivity contribution in [2.45, 2.75) is 30.0 Å². The van der Waals surface area contributed by atoms with E-state index in [1.54, 1.807) is 11.4 Å². The van der Waals surface area contributed by atoms with Gasteiger partial charge in [-0.25, -0.2) is 8.42 Å². The van der Waals surface area contributed by atoms with Crippen molar-refractivity contribution < 1.29 is 36.2 Å². The Hall–Kier alpha value is -1.95. The van der Waals surface area contributed by atoms with Crippen LogP contribution in [0, 0.1) is 0 Å². The summed E-state index contributed by atoms with van der Waals surface area (Å²) < 4.78 is 72.0. The zero-order valence-corrected chi connectivity index (χ0v) is 16.9. The molecule has 1 aromatic carbocycles. The summed E-state index contributed by atoms with van der Waals surface area (Å²) in [5.74, 6) is -1.03. The molecule has 1 aliphatic rings. The third kappa shape index (κ3) is 5.16. The molecule has 11 heteroatoms. The average Bonchev–Trinajstić information content (AvgIpc) is 3.32. The highest BCUT2D eigenvalue weighted by Crippen LogP contribution is 2.37. The van der Waals surface area contributed by atoms with Crippen LogP contribution in [0.2, 0.25) is 0 Å². The molecule has 0 bridgehead atoms. The maximum Gasteiger partial charge on any atom is 0.416 e. The van der Waals surface area contributed by atoms with Crippen molar-refractivity contribution in [2.75, 3.05) is 20.2 Å². The standard InChI is InChI=1S/C18H18F3NO5S2/c1-22(9-13-10-27-13)29(25,26)14-7-11(6-12(8-14)18(19,20)21)15-4-5-28-16(15)2-3-17(23)24/h4-8,13H,2-3,9-10H2,1H3,(H,23,24). The van der Waals surface area contributed by atoms with Crippen molar-refractivity contribution in [3.8, 4) is 11.1 Å². The molecule has 1 N–H and O–H groups in total. The number of carboxylic acid groups (broad SMARTS) is 1. The number of hydrogen-bond acceptors (Lipinski definition) is 5. The fourth-order valence-corrected chi connectivity index (χ4v) is 4.99. The number of epoxide rings is 1. The molecule has 2 heterocycles. The molecule has 1 unspecified atom stereocenters. The second-order valence-corrected chi connectivity index (χ2v) is 9.68. The average molecular weight is 449 g/mol. The van der Waals surface area contributed by atoms with E-state index in [1.807, 2.05) is 0 Å². The van der Waals surface area contributed by atoms with Gasteiger partial charge in [-0.1, -0.05) is 0 Å². The Morgan fingerprint density at radius 1 is 1.34 bits per heavy atom. The van der Waals surface area contributed by atoms with Crippen molar-refractivity contribution in [1.82, 2.24) is 4.31 Å². The van der Waals surface area contributed by atoms with Gasteiger partial charge in [0.05, 0.1) is 29.6 Å². The Kier molecular flexibility index (Phi) is 6.04. The van der Waals surface area contributed by atoms with Crippen LogP contribution in [0.4, 0.5) is 13.2 Å². The minimum absolute atomic E-state index is 0.0518. The van der Waals surface area contributed by atoms with E-state index in [9.17, 15) is 26.4 Å². The molecule has 1 aliphatic heterocycles. The van der Waals surface area contributed by atoms with Crippen molar-refractivity contribution in [3.63, 3.8) is 0 Å². The second kappa shape index (κ2) is 8.05. The maximum absolute atomic E-state index is 13.4. The van der Waals surface area contributed by atoms with E-state index in [-0.39, 0.29) is 31.1 Å². The van der Waals surface area contributed by atoms with Gasteiger partial charge >= 0.3 is 12.1 Å². The lowest BCUT2D eigenvalue weighted by atomic mass is 10.0. The number of nitrogens with zero attached hydrogens (tertiary/aromatic N) is 1. The van der Waals surface area contributed by atoms with E-state index >= 15 is 0 Å². The Morgan fingerprint density at radius 3 is 2.62 bits per heavy atom. The molecule has 1 aromatic heterocycles. The third-order valence-corrected chi connectivity index (χ3v) is 7.21. The molecule has 6 nitrogen and oxygen atoms in total. The summed E-state index contributed by atoms with van der Waals surface area (Å²) in [6.07, 6.45) is -5.03. The normalized spacial score (nSPS) is 16.9. The summed E-state index contributed by atoms with van der Waals surface area (Å²) in [6.45, 7) is 0.464. The summed E-state index contributed by atoms with van der Waals surface area (Å²) >= 11 is 1.22. The number of sulfonamides is 1. The van der Waals surface area contributed by atoms with Crippen LogP contribution in [0.15, 0.2) is 34.5 Å². The molecule has 1 saturated heterocycles. The molecule has 0 aliphatic carbocycles. The lowest BCUT2D eigenvalue weighted by molar-refractivity contribution is -0.138. The zero-order valence-electron chi connectivity index (χ0n) is 15.3. The number of ether oxygens (including phenoxy) is 1. The maximum atomic E-state index is 13.4. The molecule has 3 rings (SSSR count). The van der Waals surface area contributed by atoms with Gasteiger partial charge in [-0.05, 0) is 47.2 Å². The van der Waals surface area contributed by atoms with Crippen molar-refractivity contribution in [1.29, 1.82) is 0 Å². The highest BCUT2D eigenvalue weighted by molar-refractivity contribution is 7.89. The van der Waals surface area contributed by atoms with Crippen LogP contribution >= 0.6 is 11.3 Å². The minimum atomic E-state index is -4.74. The number of hydrogen-bond donors (Lipinski definition) is 1. The number of likely N-dealkylation sites (N-methyl/N-ethyl adjacent to an activating group) is 1. The Morgan fingerprint density at radius 2 is 2.03 bits per heavy atom. The van der Waals surface area contributed by atoms with Gasteiger partial charge in [0.15, 0.2) is 0 Å². The number of aryl methyl sites for hydroxylation is 1. The first-order valence-electron chi connectivity index (χ1n) is 8.57. The first kappa shape index (κ1) is 21.8. The molecular formula is C18H18F3NO5S2. The SMILES string of the molecule is CN(CC1CO1)S(=O)(=O)c1cc(-c2ccsc2CCC(=O)O)cc(C(F)(F)F)c1. The largest absolute Gasteiger partial charge is 0.481 e. The highest BCUT2D eigenvalue weighted by atomic mass is 32.2. The Labute approximate surface area is 169 Å². The van der Waals surface area contributed by atoms with Crippen LogP contribution in [0.5, 0.6) is 0 Å². The number of halogens is 3. The van der Waals surface area contributed by atoms with Crippen molar-refractivity contribution in [3.05, 3.63) is 40.1 Å². The van der Waals surface area contributed by atoms with Crippen molar-refractivity contribution in [2.24, 2.45) is 0 Å². The molecule has 0 amide bonds. The van der Waals surface area contributed by atoms with Gasteiger partial charge in [0, 0.05) is 18.5 Å². The van der Waals surface area contributed by atoms with E-state index in [0.717, 1.165) is 10.4 Å². The minimum Gasteiger partial charge on any atom is -0.481 e. The number of aliphatic carboxylic acids is 1. The first-order chi connectivity index (χ1) is 13.5. The van der Waals surface area contributed by atoms with Gasteiger partial charge in [0.2, 0.25) is 10.0 Å². The van der Waals surface area contributed by atoms with Gasteiger partial charge in [0.25, 0.3) is 0 Å². The monoisotopic (exact) mass is 449 g/mol. The summed E-state index contributed by atoms with van der Waals surface area (Å²) in [5, 5.41) is 10.5. The lowest BCUT2D eigenvalue weighted by Crippen LogP contribution is -2.30. The van der Waals surface area contributed by atoms with Crippen molar-refractivity contribution >= 4 is 27.3 Å². The lowest BCUT2D eigenvalue weighted by Gasteiger charge is -2.18. The van der Waals surface area contributed by atoms with Crippen LogP contribution in [-0.4, -0.2) is 50.1 Å². The van der Waals surface area contributed by atoms with Gasteiger partial charge in [-0.15, -0.1) is 11.3 Å². The summed E-state index contributed by atoms with van der Waals surface area (Å²) in [6, 6.07) is 4.26. The van der Waals surface area contributed by atoms with Gasteiger partial charge in [-0.3, -0.25) is 4.79 Å². The number of benzene rings is 1. The first-order valence-corrected chi connectivity index (χ1v) is 10.9. The number of carboxylic acids is 1. The van der Waals surface area contributed by atoms with Gasteiger partial charge < -0.3 is 9.84 Å². The van der Waals surface area contributed by atoms with E-state index in [4.69, 9.17) is 9.84 Å². The summed E-state index contributed by atoms with van der Waals surface area (Å²) in [4.78, 5) is 10.9. The van der Waals surface area contributed by atoms with Crippen LogP contribution < -0.4 is 0 Å².